The number of benzene rings is 1. The fraction of sp³-hybridized carbons (Fsp3) is 0.385. The number of methoxy groups -OCH3 is 1. The van der Waals surface area contributed by atoms with Gasteiger partial charge in [0.15, 0.2) is 0 Å². The molecular formula is C13H15BrN2O3. The van der Waals surface area contributed by atoms with Crippen molar-refractivity contribution in [1.82, 2.24) is 4.90 Å². The first kappa shape index (κ1) is 13.9. The number of carbonyl (C=O) groups is 2. The van der Waals surface area contributed by atoms with Gasteiger partial charge in [-0.25, -0.2) is 0 Å². The number of likely N-dealkylation sites (tertiary alicyclic amines) is 1. The maximum Gasteiger partial charge on any atom is 0.258 e. The molecule has 1 aliphatic rings. The van der Waals surface area contributed by atoms with Crippen molar-refractivity contribution in [3.8, 4) is 5.75 Å². The summed E-state index contributed by atoms with van der Waals surface area (Å²) in [6, 6.07) is 4.66. The summed E-state index contributed by atoms with van der Waals surface area (Å²) >= 11 is 3.33. The third kappa shape index (κ3) is 2.73. The van der Waals surface area contributed by atoms with E-state index in [4.69, 9.17) is 10.5 Å². The fourth-order valence-corrected chi connectivity index (χ4v) is 2.64. The van der Waals surface area contributed by atoms with Crippen LogP contribution in [0.5, 0.6) is 5.75 Å². The molecule has 0 aromatic heterocycles. The van der Waals surface area contributed by atoms with Gasteiger partial charge in [0.2, 0.25) is 5.91 Å². The van der Waals surface area contributed by atoms with Crippen molar-refractivity contribution in [2.75, 3.05) is 13.7 Å². The Morgan fingerprint density at radius 1 is 1.47 bits per heavy atom. The quantitative estimate of drug-likeness (QED) is 0.915. The van der Waals surface area contributed by atoms with Crippen LogP contribution >= 0.6 is 15.9 Å². The van der Waals surface area contributed by atoms with E-state index in [1.54, 1.807) is 18.2 Å². The molecule has 1 aliphatic heterocycles. The lowest BCUT2D eigenvalue weighted by Gasteiger charge is -2.23. The fourth-order valence-electron chi connectivity index (χ4n) is 2.30. The Morgan fingerprint density at radius 2 is 2.21 bits per heavy atom. The molecule has 1 atom stereocenters. The monoisotopic (exact) mass is 326 g/mol. The zero-order chi connectivity index (χ0) is 14.0. The van der Waals surface area contributed by atoms with Gasteiger partial charge in [0.05, 0.1) is 12.7 Å². The van der Waals surface area contributed by atoms with E-state index in [-0.39, 0.29) is 5.91 Å². The van der Waals surface area contributed by atoms with Gasteiger partial charge in [-0.15, -0.1) is 0 Å². The number of amides is 2. The normalized spacial score (nSPS) is 18.4. The molecule has 1 fully saturated rings. The second-order valence-electron chi connectivity index (χ2n) is 4.40. The molecule has 2 N–H and O–H groups in total. The lowest BCUT2D eigenvalue weighted by atomic mass is 10.1. The number of hydrogen-bond acceptors (Lipinski definition) is 3. The molecule has 1 saturated heterocycles. The van der Waals surface area contributed by atoms with Gasteiger partial charge in [-0.1, -0.05) is 15.9 Å². The van der Waals surface area contributed by atoms with Crippen LogP contribution in [-0.2, 0) is 4.79 Å². The molecule has 1 aromatic rings. The molecule has 19 heavy (non-hydrogen) atoms. The third-order valence-electron chi connectivity index (χ3n) is 3.24. The van der Waals surface area contributed by atoms with E-state index in [2.05, 4.69) is 15.9 Å². The average molecular weight is 327 g/mol. The molecule has 6 heteroatoms. The van der Waals surface area contributed by atoms with Gasteiger partial charge in [0.25, 0.3) is 5.91 Å². The SMILES string of the molecule is COc1cc(Br)ccc1C(=O)N1CCCC1C(N)=O. The number of rotatable bonds is 3. The van der Waals surface area contributed by atoms with E-state index in [0.29, 0.717) is 24.3 Å². The number of ether oxygens (including phenoxy) is 1. The van der Waals surface area contributed by atoms with E-state index in [9.17, 15) is 9.59 Å². The maximum atomic E-state index is 12.5. The van der Waals surface area contributed by atoms with Gasteiger partial charge in [0.1, 0.15) is 11.8 Å². The Kier molecular flexibility index (Phi) is 4.09. The van der Waals surface area contributed by atoms with E-state index < -0.39 is 11.9 Å². The minimum atomic E-state index is -0.513. The molecule has 0 saturated carbocycles. The van der Waals surface area contributed by atoms with Crippen LogP contribution in [-0.4, -0.2) is 36.4 Å². The highest BCUT2D eigenvalue weighted by Gasteiger charge is 2.34. The zero-order valence-corrected chi connectivity index (χ0v) is 12.1. The standard InChI is InChI=1S/C13H15BrN2O3/c1-19-11-7-8(14)4-5-9(11)13(18)16-6-2-3-10(16)12(15)17/h4-5,7,10H,2-3,6H2,1H3,(H2,15,17). The summed E-state index contributed by atoms with van der Waals surface area (Å²) in [4.78, 5) is 25.3. The van der Waals surface area contributed by atoms with Crippen molar-refractivity contribution < 1.29 is 14.3 Å². The van der Waals surface area contributed by atoms with Gasteiger partial charge >= 0.3 is 0 Å². The first-order valence-electron chi connectivity index (χ1n) is 5.98. The molecule has 1 heterocycles. The van der Waals surface area contributed by atoms with Crippen molar-refractivity contribution in [1.29, 1.82) is 0 Å². The summed E-state index contributed by atoms with van der Waals surface area (Å²) in [5.74, 6) is -0.193. The van der Waals surface area contributed by atoms with E-state index in [1.807, 2.05) is 0 Å². The first-order valence-corrected chi connectivity index (χ1v) is 6.77. The summed E-state index contributed by atoms with van der Waals surface area (Å²) in [5, 5.41) is 0. The van der Waals surface area contributed by atoms with Crippen LogP contribution in [0.15, 0.2) is 22.7 Å². The van der Waals surface area contributed by atoms with Gasteiger partial charge in [-0.05, 0) is 31.0 Å². The largest absolute Gasteiger partial charge is 0.496 e. The van der Waals surface area contributed by atoms with Gasteiger partial charge < -0.3 is 15.4 Å². The summed E-state index contributed by atoms with van der Waals surface area (Å²) < 4.78 is 6.04. The molecule has 2 amide bonds. The molecule has 0 radical (unpaired) electrons. The van der Waals surface area contributed by atoms with Crippen LogP contribution < -0.4 is 10.5 Å². The van der Waals surface area contributed by atoms with E-state index in [1.165, 1.54) is 12.0 Å². The topological polar surface area (TPSA) is 72.6 Å². The second-order valence-corrected chi connectivity index (χ2v) is 5.32. The molecular weight excluding hydrogens is 312 g/mol. The lowest BCUT2D eigenvalue weighted by molar-refractivity contribution is -0.121. The predicted molar refractivity (Wildman–Crippen MR) is 73.9 cm³/mol. The van der Waals surface area contributed by atoms with Crippen molar-refractivity contribution in [2.45, 2.75) is 18.9 Å². The minimum Gasteiger partial charge on any atom is -0.496 e. The van der Waals surface area contributed by atoms with Crippen molar-refractivity contribution in [3.05, 3.63) is 28.2 Å². The average Bonchev–Trinajstić information content (AvgIpc) is 2.87. The number of primary amides is 1. The second kappa shape index (κ2) is 5.61. The van der Waals surface area contributed by atoms with E-state index in [0.717, 1.165) is 10.9 Å². The Morgan fingerprint density at radius 3 is 2.84 bits per heavy atom. The third-order valence-corrected chi connectivity index (χ3v) is 3.73. The number of halogens is 1. The van der Waals surface area contributed by atoms with E-state index >= 15 is 0 Å². The Labute approximate surface area is 119 Å². The maximum absolute atomic E-state index is 12.5. The smallest absolute Gasteiger partial charge is 0.258 e. The highest BCUT2D eigenvalue weighted by atomic mass is 79.9. The van der Waals surface area contributed by atoms with Crippen molar-refractivity contribution in [3.63, 3.8) is 0 Å². The van der Waals surface area contributed by atoms with Crippen LogP contribution in [0.1, 0.15) is 23.2 Å². The van der Waals surface area contributed by atoms with Crippen LogP contribution in [0.4, 0.5) is 0 Å². The first-order chi connectivity index (χ1) is 9.04. The molecule has 0 bridgehead atoms. The van der Waals surface area contributed by atoms with Gasteiger partial charge in [-0.2, -0.15) is 0 Å². The molecule has 5 nitrogen and oxygen atoms in total. The van der Waals surface area contributed by atoms with Crippen molar-refractivity contribution in [2.24, 2.45) is 5.73 Å². The van der Waals surface area contributed by atoms with Crippen LogP contribution in [0.2, 0.25) is 0 Å². The van der Waals surface area contributed by atoms with Gasteiger partial charge in [0, 0.05) is 11.0 Å². The highest BCUT2D eigenvalue weighted by Crippen LogP contribution is 2.27. The minimum absolute atomic E-state index is 0.217. The summed E-state index contributed by atoms with van der Waals surface area (Å²) in [5.41, 5.74) is 5.77. The van der Waals surface area contributed by atoms with Crippen LogP contribution in [0, 0.1) is 0 Å². The molecule has 0 spiro atoms. The molecule has 0 aliphatic carbocycles. The molecule has 1 unspecified atom stereocenters. The predicted octanol–water partition coefficient (Wildman–Crippen LogP) is 1.55. The summed E-state index contributed by atoms with van der Waals surface area (Å²) in [7, 11) is 1.51. The summed E-state index contributed by atoms with van der Waals surface area (Å²) in [6.07, 6.45) is 1.41. The lowest BCUT2D eigenvalue weighted by Crippen LogP contribution is -2.43. The molecule has 2 rings (SSSR count). The Hall–Kier alpha value is -1.56. The number of hydrogen-bond donors (Lipinski definition) is 1. The summed E-state index contributed by atoms with van der Waals surface area (Å²) in [6.45, 7) is 0.547. The molecule has 102 valence electrons. The van der Waals surface area contributed by atoms with Crippen LogP contribution in [0.25, 0.3) is 0 Å². The Balaban J connectivity index is 2.31. The Bertz CT molecular complexity index is 519. The van der Waals surface area contributed by atoms with Crippen molar-refractivity contribution >= 4 is 27.7 Å². The zero-order valence-electron chi connectivity index (χ0n) is 10.6. The number of carbonyl (C=O) groups excluding carboxylic acids is 2. The number of nitrogens with zero attached hydrogens (tertiary/aromatic N) is 1. The molecule has 1 aromatic carbocycles. The van der Waals surface area contributed by atoms with Crippen LogP contribution in [0.3, 0.4) is 0 Å². The highest BCUT2D eigenvalue weighted by molar-refractivity contribution is 9.10. The number of nitrogens with two attached hydrogens (primary N) is 1. The van der Waals surface area contributed by atoms with Gasteiger partial charge in [-0.3, -0.25) is 9.59 Å².